The minimum Gasteiger partial charge on any atom is -0.368 e. The molecule has 3 unspecified atom stereocenters. The van der Waals surface area contributed by atoms with Crippen molar-refractivity contribution in [2.24, 2.45) is 11.7 Å². The molecule has 88 valence electrons. The van der Waals surface area contributed by atoms with E-state index >= 15 is 0 Å². The van der Waals surface area contributed by atoms with Gasteiger partial charge in [0.1, 0.15) is 0 Å². The molecule has 1 aromatic rings. The zero-order valence-electron chi connectivity index (χ0n) is 9.86. The van der Waals surface area contributed by atoms with Gasteiger partial charge in [0, 0.05) is 28.8 Å². The fourth-order valence-corrected chi connectivity index (χ4v) is 2.66. The van der Waals surface area contributed by atoms with Crippen LogP contribution < -0.4 is 10.6 Å². The van der Waals surface area contributed by atoms with E-state index in [1.807, 2.05) is 0 Å². The van der Waals surface area contributed by atoms with Crippen LogP contribution in [0.2, 0.25) is 0 Å². The normalized spacial score (nSPS) is 30.5. The summed E-state index contributed by atoms with van der Waals surface area (Å²) >= 11 is 3.47. The quantitative estimate of drug-likeness (QED) is 0.858. The molecule has 16 heavy (non-hydrogen) atoms. The highest BCUT2D eigenvalue weighted by Crippen LogP contribution is 2.28. The van der Waals surface area contributed by atoms with Crippen molar-refractivity contribution in [1.29, 1.82) is 0 Å². The van der Waals surface area contributed by atoms with Gasteiger partial charge in [0.15, 0.2) is 0 Å². The first-order chi connectivity index (χ1) is 7.59. The van der Waals surface area contributed by atoms with Gasteiger partial charge in [-0.3, -0.25) is 0 Å². The van der Waals surface area contributed by atoms with Crippen molar-refractivity contribution >= 4 is 21.6 Å². The van der Waals surface area contributed by atoms with Crippen LogP contribution in [0.1, 0.15) is 20.3 Å². The summed E-state index contributed by atoms with van der Waals surface area (Å²) in [6.07, 6.45) is 1.08. The van der Waals surface area contributed by atoms with Crippen molar-refractivity contribution in [3.63, 3.8) is 0 Å². The molecule has 2 N–H and O–H groups in total. The number of benzene rings is 1. The SMILES string of the molecule is CC1C(N)CCN(c2ccc(Br)cc2)C1C. The summed E-state index contributed by atoms with van der Waals surface area (Å²) in [6.45, 7) is 5.58. The Morgan fingerprint density at radius 3 is 2.50 bits per heavy atom. The van der Waals surface area contributed by atoms with Crippen molar-refractivity contribution < 1.29 is 0 Å². The average molecular weight is 283 g/mol. The molecule has 1 aliphatic rings. The number of anilines is 1. The van der Waals surface area contributed by atoms with Gasteiger partial charge >= 0.3 is 0 Å². The van der Waals surface area contributed by atoms with E-state index in [4.69, 9.17) is 5.73 Å². The fraction of sp³-hybridized carbons (Fsp3) is 0.538. The third kappa shape index (κ3) is 2.25. The minimum atomic E-state index is 0.349. The largest absolute Gasteiger partial charge is 0.368 e. The molecule has 0 spiro atoms. The monoisotopic (exact) mass is 282 g/mol. The van der Waals surface area contributed by atoms with E-state index in [0.29, 0.717) is 18.0 Å². The number of piperidine rings is 1. The minimum absolute atomic E-state index is 0.349. The van der Waals surface area contributed by atoms with Gasteiger partial charge in [0.2, 0.25) is 0 Å². The number of hydrogen-bond acceptors (Lipinski definition) is 2. The lowest BCUT2D eigenvalue weighted by atomic mass is 9.87. The molecule has 2 rings (SSSR count). The summed E-state index contributed by atoms with van der Waals surface area (Å²) < 4.78 is 1.13. The second-order valence-corrected chi connectivity index (χ2v) is 5.64. The van der Waals surface area contributed by atoms with E-state index in [2.05, 4.69) is 58.9 Å². The smallest absolute Gasteiger partial charge is 0.0369 e. The average Bonchev–Trinajstić information content (AvgIpc) is 2.28. The van der Waals surface area contributed by atoms with E-state index in [1.54, 1.807) is 0 Å². The van der Waals surface area contributed by atoms with Gasteiger partial charge in [0.05, 0.1) is 0 Å². The Morgan fingerprint density at radius 2 is 1.88 bits per heavy atom. The van der Waals surface area contributed by atoms with E-state index in [1.165, 1.54) is 5.69 Å². The standard InChI is InChI=1S/C13H19BrN2/c1-9-10(2)16(8-7-13(9)15)12-5-3-11(14)4-6-12/h3-6,9-10,13H,7-8,15H2,1-2H3. The van der Waals surface area contributed by atoms with Crippen molar-refractivity contribution in [2.45, 2.75) is 32.4 Å². The molecule has 0 aliphatic carbocycles. The molecular weight excluding hydrogens is 264 g/mol. The van der Waals surface area contributed by atoms with Crippen LogP contribution in [0.4, 0.5) is 5.69 Å². The Balaban J connectivity index is 2.18. The summed E-state index contributed by atoms with van der Waals surface area (Å²) in [4.78, 5) is 2.46. The van der Waals surface area contributed by atoms with Gasteiger partial charge in [0.25, 0.3) is 0 Å². The second-order valence-electron chi connectivity index (χ2n) is 4.72. The molecule has 0 radical (unpaired) electrons. The molecule has 1 heterocycles. The van der Waals surface area contributed by atoms with Crippen molar-refractivity contribution in [3.8, 4) is 0 Å². The maximum atomic E-state index is 6.10. The lowest BCUT2D eigenvalue weighted by Crippen LogP contribution is -2.51. The molecule has 0 bridgehead atoms. The Morgan fingerprint density at radius 1 is 1.25 bits per heavy atom. The molecule has 3 atom stereocenters. The molecular formula is C13H19BrN2. The van der Waals surface area contributed by atoms with Crippen LogP contribution >= 0.6 is 15.9 Å². The topological polar surface area (TPSA) is 29.3 Å². The predicted octanol–water partition coefficient (Wildman–Crippen LogP) is 3.01. The van der Waals surface area contributed by atoms with Crippen molar-refractivity contribution in [1.82, 2.24) is 0 Å². The van der Waals surface area contributed by atoms with Crippen LogP contribution in [0.3, 0.4) is 0 Å². The molecule has 3 heteroatoms. The van der Waals surface area contributed by atoms with Gasteiger partial charge in [-0.25, -0.2) is 0 Å². The van der Waals surface area contributed by atoms with Gasteiger partial charge in [-0.15, -0.1) is 0 Å². The summed E-state index contributed by atoms with van der Waals surface area (Å²) in [6, 6.07) is 9.41. The predicted molar refractivity (Wildman–Crippen MR) is 72.7 cm³/mol. The van der Waals surface area contributed by atoms with Crippen LogP contribution in [-0.2, 0) is 0 Å². The van der Waals surface area contributed by atoms with Crippen molar-refractivity contribution in [3.05, 3.63) is 28.7 Å². The molecule has 2 nitrogen and oxygen atoms in total. The highest BCUT2D eigenvalue weighted by atomic mass is 79.9. The summed E-state index contributed by atoms with van der Waals surface area (Å²) in [7, 11) is 0. The first kappa shape index (κ1) is 11.9. The summed E-state index contributed by atoms with van der Waals surface area (Å²) in [5.74, 6) is 0.553. The third-order valence-electron chi connectivity index (χ3n) is 3.79. The maximum Gasteiger partial charge on any atom is 0.0369 e. The van der Waals surface area contributed by atoms with E-state index in [9.17, 15) is 0 Å². The van der Waals surface area contributed by atoms with E-state index in [-0.39, 0.29) is 0 Å². The molecule has 1 aromatic carbocycles. The van der Waals surface area contributed by atoms with Crippen LogP contribution in [0, 0.1) is 5.92 Å². The van der Waals surface area contributed by atoms with E-state index in [0.717, 1.165) is 17.4 Å². The molecule has 0 saturated carbocycles. The Bertz CT molecular complexity index is 349. The van der Waals surface area contributed by atoms with Gasteiger partial charge in [-0.1, -0.05) is 22.9 Å². The molecule has 1 aliphatic heterocycles. The third-order valence-corrected chi connectivity index (χ3v) is 4.32. The van der Waals surface area contributed by atoms with Crippen LogP contribution in [0.5, 0.6) is 0 Å². The van der Waals surface area contributed by atoms with Crippen LogP contribution in [0.25, 0.3) is 0 Å². The van der Waals surface area contributed by atoms with E-state index < -0.39 is 0 Å². The van der Waals surface area contributed by atoms with Crippen LogP contribution in [-0.4, -0.2) is 18.6 Å². The molecule has 1 fully saturated rings. The second kappa shape index (κ2) is 4.76. The Labute approximate surface area is 106 Å². The highest BCUT2D eigenvalue weighted by Gasteiger charge is 2.30. The lowest BCUT2D eigenvalue weighted by molar-refractivity contribution is 0.315. The van der Waals surface area contributed by atoms with Crippen molar-refractivity contribution in [2.75, 3.05) is 11.4 Å². The molecule has 1 saturated heterocycles. The van der Waals surface area contributed by atoms with Gasteiger partial charge < -0.3 is 10.6 Å². The first-order valence-corrected chi connectivity index (χ1v) is 6.66. The zero-order chi connectivity index (χ0) is 11.7. The fourth-order valence-electron chi connectivity index (χ4n) is 2.39. The number of rotatable bonds is 1. The zero-order valence-corrected chi connectivity index (χ0v) is 11.4. The Kier molecular flexibility index (Phi) is 3.55. The lowest BCUT2D eigenvalue weighted by Gasteiger charge is -2.42. The number of nitrogens with two attached hydrogens (primary N) is 1. The van der Waals surface area contributed by atoms with Crippen LogP contribution in [0.15, 0.2) is 28.7 Å². The first-order valence-electron chi connectivity index (χ1n) is 5.87. The van der Waals surface area contributed by atoms with Gasteiger partial charge in [-0.05, 0) is 43.5 Å². The summed E-state index contributed by atoms with van der Waals surface area (Å²) in [5, 5.41) is 0. The maximum absolute atomic E-state index is 6.10. The summed E-state index contributed by atoms with van der Waals surface area (Å²) in [5.41, 5.74) is 7.40. The number of nitrogens with zero attached hydrogens (tertiary/aromatic N) is 1. The van der Waals surface area contributed by atoms with Gasteiger partial charge in [-0.2, -0.15) is 0 Å². The number of halogens is 1. The molecule has 0 amide bonds. The highest BCUT2D eigenvalue weighted by molar-refractivity contribution is 9.10. The number of hydrogen-bond donors (Lipinski definition) is 1. The molecule has 0 aromatic heterocycles. The Hall–Kier alpha value is -0.540.